The molecule has 0 atom stereocenters. The monoisotopic (exact) mass is 404 g/mol. The lowest BCUT2D eigenvalue weighted by atomic mass is 10.2. The number of amides is 1. The minimum Gasteiger partial charge on any atom is -0.463 e. The van der Waals surface area contributed by atoms with Crippen LogP contribution in [0.1, 0.15) is 18.2 Å². The van der Waals surface area contributed by atoms with Crippen LogP contribution >= 0.6 is 11.8 Å². The molecular formula is C22H20N4O2S. The summed E-state index contributed by atoms with van der Waals surface area (Å²) < 4.78 is 7.40. The van der Waals surface area contributed by atoms with E-state index in [2.05, 4.69) is 27.2 Å². The second-order valence-electron chi connectivity index (χ2n) is 6.45. The summed E-state index contributed by atoms with van der Waals surface area (Å²) in [4.78, 5) is 17.0. The van der Waals surface area contributed by atoms with Gasteiger partial charge in [0.25, 0.3) is 5.91 Å². The molecular weight excluding hydrogens is 384 g/mol. The Bertz CT molecular complexity index is 1130. The van der Waals surface area contributed by atoms with E-state index in [1.165, 1.54) is 17.3 Å². The van der Waals surface area contributed by atoms with E-state index >= 15 is 0 Å². The molecule has 0 radical (unpaired) electrons. The first-order chi connectivity index (χ1) is 14.2. The van der Waals surface area contributed by atoms with Crippen molar-refractivity contribution in [3.63, 3.8) is 0 Å². The molecule has 0 saturated heterocycles. The Balaban J connectivity index is 1.48. The zero-order valence-corrected chi connectivity index (χ0v) is 16.7. The summed E-state index contributed by atoms with van der Waals surface area (Å²) >= 11 is 1.40. The molecule has 0 aliphatic rings. The number of carbonyl (C=O) groups is 1. The van der Waals surface area contributed by atoms with Crippen LogP contribution in [0.3, 0.4) is 0 Å². The van der Waals surface area contributed by atoms with Crippen LogP contribution in [-0.4, -0.2) is 26.9 Å². The molecule has 4 aromatic rings. The minimum atomic E-state index is -0.195. The van der Waals surface area contributed by atoms with Gasteiger partial charge in [0.15, 0.2) is 5.16 Å². The highest BCUT2D eigenvalue weighted by Crippen LogP contribution is 2.25. The molecule has 6 nitrogen and oxygen atoms in total. The predicted octanol–water partition coefficient (Wildman–Crippen LogP) is 4.31. The Morgan fingerprint density at radius 1 is 1.10 bits per heavy atom. The number of hydrogen-bond donors (Lipinski definition) is 1. The molecule has 29 heavy (non-hydrogen) atoms. The number of hydrazone groups is 1. The van der Waals surface area contributed by atoms with E-state index in [1.54, 1.807) is 25.3 Å². The number of para-hydroxylation sites is 2. The Morgan fingerprint density at radius 3 is 2.69 bits per heavy atom. The normalized spacial score (nSPS) is 11.7. The lowest BCUT2D eigenvalue weighted by Gasteiger charge is -2.09. The highest BCUT2D eigenvalue weighted by molar-refractivity contribution is 7.99. The molecule has 2 aromatic heterocycles. The second kappa shape index (κ2) is 8.79. The molecule has 0 bridgehead atoms. The number of benzene rings is 2. The van der Waals surface area contributed by atoms with Gasteiger partial charge in [0, 0.05) is 0 Å². The van der Waals surface area contributed by atoms with Crippen LogP contribution in [0.25, 0.3) is 11.0 Å². The van der Waals surface area contributed by atoms with Crippen LogP contribution in [-0.2, 0) is 11.3 Å². The van der Waals surface area contributed by atoms with E-state index in [0.29, 0.717) is 18.0 Å². The zero-order chi connectivity index (χ0) is 20.1. The smallest absolute Gasteiger partial charge is 0.250 e. The van der Waals surface area contributed by atoms with Crippen molar-refractivity contribution in [1.82, 2.24) is 15.0 Å². The van der Waals surface area contributed by atoms with Gasteiger partial charge in [-0.1, -0.05) is 54.2 Å². The van der Waals surface area contributed by atoms with Crippen LogP contribution in [0.4, 0.5) is 0 Å². The lowest BCUT2D eigenvalue weighted by molar-refractivity contribution is -0.118. The molecule has 2 heterocycles. The van der Waals surface area contributed by atoms with Crippen molar-refractivity contribution in [2.24, 2.45) is 5.10 Å². The molecule has 0 aliphatic heterocycles. The van der Waals surface area contributed by atoms with Crippen molar-refractivity contribution >= 4 is 34.4 Å². The Kier molecular flexibility index (Phi) is 5.76. The SMILES string of the molecule is C/C(=N/NC(=O)CSc1nc2ccccc2n1Cc1ccccc1)c1ccco1. The van der Waals surface area contributed by atoms with Gasteiger partial charge in [-0.2, -0.15) is 5.10 Å². The fourth-order valence-electron chi connectivity index (χ4n) is 2.93. The molecule has 146 valence electrons. The first-order valence-corrected chi connectivity index (χ1v) is 10.2. The second-order valence-corrected chi connectivity index (χ2v) is 7.40. The number of furan rings is 1. The maximum absolute atomic E-state index is 12.3. The van der Waals surface area contributed by atoms with E-state index in [1.807, 2.05) is 42.5 Å². The van der Waals surface area contributed by atoms with E-state index in [4.69, 9.17) is 9.40 Å². The van der Waals surface area contributed by atoms with Gasteiger partial charge in [0.05, 0.1) is 29.6 Å². The maximum Gasteiger partial charge on any atom is 0.250 e. The molecule has 0 unspecified atom stereocenters. The summed E-state index contributed by atoms with van der Waals surface area (Å²) in [5.41, 5.74) is 6.33. The van der Waals surface area contributed by atoms with E-state index < -0.39 is 0 Å². The Labute approximate surface area is 172 Å². The van der Waals surface area contributed by atoms with Gasteiger partial charge in [0.1, 0.15) is 11.5 Å². The molecule has 0 aliphatic carbocycles. The van der Waals surface area contributed by atoms with Crippen LogP contribution in [0, 0.1) is 0 Å². The number of imidazole rings is 1. The highest BCUT2D eigenvalue weighted by atomic mass is 32.2. The maximum atomic E-state index is 12.3. The summed E-state index contributed by atoms with van der Waals surface area (Å²) in [6, 6.07) is 21.8. The fraction of sp³-hybridized carbons (Fsp3) is 0.136. The van der Waals surface area contributed by atoms with Crippen LogP contribution in [0.15, 0.2) is 87.7 Å². The van der Waals surface area contributed by atoms with E-state index in [-0.39, 0.29) is 11.7 Å². The van der Waals surface area contributed by atoms with E-state index in [9.17, 15) is 4.79 Å². The van der Waals surface area contributed by atoms with Crippen LogP contribution < -0.4 is 5.43 Å². The summed E-state index contributed by atoms with van der Waals surface area (Å²) in [5.74, 6) is 0.648. The largest absolute Gasteiger partial charge is 0.463 e. The van der Waals surface area contributed by atoms with Crippen LogP contribution in [0.2, 0.25) is 0 Å². The van der Waals surface area contributed by atoms with Crippen molar-refractivity contribution in [2.75, 3.05) is 5.75 Å². The van der Waals surface area contributed by atoms with Gasteiger partial charge in [0.2, 0.25) is 0 Å². The van der Waals surface area contributed by atoms with E-state index in [0.717, 1.165) is 16.2 Å². The number of carbonyl (C=O) groups excluding carboxylic acids is 1. The van der Waals surface area contributed by atoms with Crippen molar-refractivity contribution in [1.29, 1.82) is 0 Å². The molecule has 0 fully saturated rings. The molecule has 1 amide bonds. The summed E-state index contributed by atoms with van der Waals surface area (Å²) in [6.07, 6.45) is 1.57. The summed E-state index contributed by atoms with van der Waals surface area (Å²) in [5, 5.41) is 4.90. The van der Waals surface area contributed by atoms with Gasteiger partial charge < -0.3 is 8.98 Å². The van der Waals surface area contributed by atoms with Gasteiger partial charge in [-0.3, -0.25) is 4.79 Å². The lowest BCUT2D eigenvalue weighted by Crippen LogP contribution is -2.21. The fourth-order valence-corrected chi connectivity index (χ4v) is 3.74. The zero-order valence-electron chi connectivity index (χ0n) is 15.9. The average Bonchev–Trinajstić information content (AvgIpc) is 3.40. The predicted molar refractivity (Wildman–Crippen MR) is 115 cm³/mol. The molecule has 7 heteroatoms. The van der Waals surface area contributed by atoms with Crippen molar-refractivity contribution < 1.29 is 9.21 Å². The van der Waals surface area contributed by atoms with Crippen molar-refractivity contribution in [3.05, 3.63) is 84.3 Å². The van der Waals surface area contributed by atoms with Gasteiger partial charge in [-0.05, 0) is 36.8 Å². The standard InChI is InChI=1S/C22H20N4O2S/c1-16(20-12-7-13-28-20)24-25-21(27)15-29-22-23-18-10-5-6-11-19(18)26(22)14-17-8-3-2-4-9-17/h2-13H,14-15H2,1H3,(H,25,27)/b24-16-. The molecule has 0 saturated carbocycles. The molecule has 2 aromatic carbocycles. The topological polar surface area (TPSA) is 72.4 Å². The van der Waals surface area contributed by atoms with Crippen molar-refractivity contribution in [3.8, 4) is 0 Å². The number of hydrogen-bond acceptors (Lipinski definition) is 5. The molecule has 4 rings (SSSR count). The Morgan fingerprint density at radius 2 is 1.90 bits per heavy atom. The summed E-state index contributed by atoms with van der Waals surface area (Å²) in [6.45, 7) is 2.48. The average molecular weight is 404 g/mol. The third-order valence-electron chi connectivity index (χ3n) is 4.36. The van der Waals surface area contributed by atoms with Gasteiger partial charge in [-0.15, -0.1) is 0 Å². The third kappa shape index (κ3) is 4.57. The number of nitrogens with zero attached hydrogens (tertiary/aromatic N) is 3. The summed E-state index contributed by atoms with van der Waals surface area (Å²) in [7, 11) is 0. The third-order valence-corrected chi connectivity index (χ3v) is 5.34. The number of rotatable bonds is 7. The Hall–Kier alpha value is -3.32. The quantitative estimate of drug-likeness (QED) is 0.283. The van der Waals surface area contributed by atoms with Crippen LogP contribution in [0.5, 0.6) is 0 Å². The first kappa shape index (κ1) is 19.0. The highest BCUT2D eigenvalue weighted by Gasteiger charge is 2.13. The number of aromatic nitrogens is 2. The minimum absolute atomic E-state index is 0.195. The molecule has 1 N–H and O–H groups in total. The molecule has 0 spiro atoms. The number of nitrogens with one attached hydrogen (secondary N) is 1. The van der Waals surface area contributed by atoms with Gasteiger partial charge >= 0.3 is 0 Å². The van der Waals surface area contributed by atoms with Gasteiger partial charge in [-0.25, -0.2) is 10.4 Å². The number of thioether (sulfide) groups is 1. The van der Waals surface area contributed by atoms with Crippen molar-refractivity contribution in [2.45, 2.75) is 18.6 Å². The first-order valence-electron chi connectivity index (χ1n) is 9.20. The number of fused-ring (bicyclic) bond motifs is 1.